The molecule has 0 bridgehead atoms. The van der Waals surface area contributed by atoms with Gasteiger partial charge in [-0.2, -0.15) is 0 Å². The normalized spacial score (nSPS) is 16.9. The summed E-state index contributed by atoms with van der Waals surface area (Å²) in [6.45, 7) is 5.24. The minimum absolute atomic E-state index is 0.0672. The number of likely N-dealkylation sites (tertiary alicyclic amines) is 1. The number of nitrogens with zero attached hydrogens (tertiary/aromatic N) is 1. The molecule has 2 rings (SSSR count). The zero-order chi connectivity index (χ0) is 14.5. The maximum Gasteiger partial charge on any atom is 0.252 e. The number of benzene rings is 1. The van der Waals surface area contributed by atoms with E-state index in [1.807, 2.05) is 19.1 Å². The average molecular weight is 341 g/mol. The minimum Gasteiger partial charge on any atom is -0.497 e. The molecule has 1 amide bonds. The first-order valence-corrected chi connectivity index (χ1v) is 7.76. The summed E-state index contributed by atoms with van der Waals surface area (Å²) in [6, 6.07) is 5.55. The van der Waals surface area contributed by atoms with Gasteiger partial charge in [0.15, 0.2) is 0 Å². The van der Waals surface area contributed by atoms with E-state index in [9.17, 15) is 4.79 Å². The molecule has 0 spiro atoms. The van der Waals surface area contributed by atoms with Gasteiger partial charge in [-0.25, -0.2) is 0 Å². The van der Waals surface area contributed by atoms with Crippen molar-refractivity contribution in [2.24, 2.45) is 0 Å². The molecule has 20 heavy (non-hydrogen) atoms. The van der Waals surface area contributed by atoms with E-state index in [2.05, 4.69) is 26.1 Å². The van der Waals surface area contributed by atoms with E-state index in [0.29, 0.717) is 11.3 Å². The number of carbonyl (C=O) groups excluding carboxylic acids is 1. The van der Waals surface area contributed by atoms with E-state index in [1.165, 1.54) is 12.8 Å². The van der Waals surface area contributed by atoms with Crippen molar-refractivity contribution in [1.29, 1.82) is 0 Å². The highest BCUT2D eigenvalue weighted by molar-refractivity contribution is 9.10. The zero-order valence-electron chi connectivity index (χ0n) is 12.0. The quantitative estimate of drug-likeness (QED) is 0.895. The van der Waals surface area contributed by atoms with Gasteiger partial charge in [0.2, 0.25) is 0 Å². The van der Waals surface area contributed by atoms with Crippen molar-refractivity contribution in [3.8, 4) is 5.75 Å². The van der Waals surface area contributed by atoms with Crippen LogP contribution in [0.4, 0.5) is 0 Å². The summed E-state index contributed by atoms with van der Waals surface area (Å²) in [5.41, 5.74) is 0.609. The summed E-state index contributed by atoms with van der Waals surface area (Å²) in [5, 5.41) is 3.05. The fourth-order valence-corrected chi connectivity index (χ4v) is 2.93. The van der Waals surface area contributed by atoms with E-state index >= 15 is 0 Å². The Balaban J connectivity index is 1.96. The maximum atomic E-state index is 12.3. The fraction of sp³-hybridized carbons (Fsp3) is 0.533. The van der Waals surface area contributed by atoms with Gasteiger partial charge in [-0.1, -0.05) is 0 Å². The van der Waals surface area contributed by atoms with Crippen LogP contribution in [0.25, 0.3) is 0 Å². The lowest BCUT2D eigenvalue weighted by Gasteiger charge is -2.21. The molecule has 5 heteroatoms. The highest BCUT2D eigenvalue weighted by atomic mass is 79.9. The van der Waals surface area contributed by atoms with Gasteiger partial charge in [-0.05, 0) is 67.0 Å². The van der Waals surface area contributed by atoms with Gasteiger partial charge in [0.25, 0.3) is 5.91 Å². The molecule has 110 valence electrons. The molecule has 1 unspecified atom stereocenters. The molecule has 1 N–H and O–H groups in total. The first-order chi connectivity index (χ1) is 9.60. The second-order valence-corrected chi connectivity index (χ2v) is 6.08. The van der Waals surface area contributed by atoms with Crippen molar-refractivity contribution in [3.63, 3.8) is 0 Å². The summed E-state index contributed by atoms with van der Waals surface area (Å²) in [7, 11) is 1.60. The number of hydrogen-bond acceptors (Lipinski definition) is 3. The number of rotatable bonds is 5. The van der Waals surface area contributed by atoms with Gasteiger partial charge in [0.1, 0.15) is 5.75 Å². The fourth-order valence-electron chi connectivity index (χ4n) is 2.51. The largest absolute Gasteiger partial charge is 0.497 e. The van der Waals surface area contributed by atoms with Crippen LogP contribution in [0, 0.1) is 0 Å². The number of methoxy groups -OCH3 is 1. The zero-order valence-corrected chi connectivity index (χ0v) is 13.6. The summed E-state index contributed by atoms with van der Waals surface area (Å²) in [4.78, 5) is 14.7. The maximum absolute atomic E-state index is 12.3. The minimum atomic E-state index is -0.0672. The van der Waals surface area contributed by atoms with E-state index in [-0.39, 0.29) is 11.9 Å². The van der Waals surface area contributed by atoms with Crippen LogP contribution in [-0.4, -0.2) is 43.6 Å². The lowest BCUT2D eigenvalue weighted by Crippen LogP contribution is -2.41. The number of carbonyl (C=O) groups is 1. The second kappa shape index (κ2) is 7.09. The van der Waals surface area contributed by atoms with Crippen LogP contribution >= 0.6 is 15.9 Å². The molecule has 1 atom stereocenters. The van der Waals surface area contributed by atoms with Crippen molar-refractivity contribution >= 4 is 21.8 Å². The van der Waals surface area contributed by atoms with Crippen LogP contribution in [-0.2, 0) is 0 Å². The van der Waals surface area contributed by atoms with Gasteiger partial charge in [-0.3, -0.25) is 4.79 Å². The lowest BCUT2D eigenvalue weighted by molar-refractivity contribution is 0.0931. The van der Waals surface area contributed by atoms with Crippen LogP contribution in [0.1, 0.15) is 30.1 Å². The molecular weight excluding hydrogens is 320 g/mol. The monoisotopic (exact) mass is 340 g/mol. The standard InChI is InChI=1S/C15H21BrN2O2/c1-11(10-18-7-3-4-8-18)17-15(19)13-9-12(20-2)5-6-14(13)16/h5-6,9,11H,3-4,7-8,10H2,1-2H3,(H,17,19). The van der Waals surface area contributed by atoms with Crippen molar-refractivity contribution in [1.82, 2.24) is 10.2 Å². The summed E-state index contributed by atoms with van der Waals surface area (Å²) in [6.07, 6.45) is 2.53. The Morgan fingerprint density at radius 2 is 2.15 bits per heavy atom. The first-order valence-electron chi connectivity index (χ1n) is 6.97. The Morgan fingerprint density at radius 3 is 2.80 bits per heavy atom. The van der Waals surface area contributed by atoms with Crippen molar-refractivity contribution in [3.05, 3.63) is 28.2 Å². The molecule has 0 aliphatic carbocycles. The summed E-state index contributed by atoms with van der Waals surface area (Å²) < 4.78 is 5.95. The molecule has 1 aliphatic rings. The molecule has 1 aromatic carbocycles. The van der Waals surface area contributed by atoms with Crippen LogP contribution in [0.2, 0.25) is 0 Å². The van der Waals surface area contributed by atoms with Crippen LogP contribution in [0.15, 0.2) is 22.7 Å². The molecule has 1 fully saturated rings. The van der Waals surface area contributed by atoms with Gasteiger partial charge in [0, 0.05) is 17.1 Å². The third-order valence-electron chi connectivity index (χ3n) is 3.53. The van der Waals surface area contributed by atoms with Crippen molar-refractivity contribution < 1.29 is 9.53 Å². The number of amides is 1. The Kier molecular flexibility index (Phi) is 5.43. The van der Waals surface area contributed by atoms with Crippen LogP contribution < -0.4 is 10.1 Å². The molecule has 0 saturated carbocycles. The van der Waals surface area contributed by atoms with E-state index in [4.69, 9.17) is 4.74 Å². The smallest absolute Gasteiger partial charge is 0.252 e. The van der Waals surface area contributed by atoms with E-state index < -0.39 is 0 Å². The Morgan fingerprint density at radius 1 is 1.45 bits per heavy atom. The number of nitrogens with one attached hydrogen (secondary N) is 1. The Labute approximate surface area is 128 Å². The molecule has 1 saturated heterocycles. The number of halogens is 1. The van der Waals surface area contributed by atoms with Crippen LogP contribution in [0.3, 0.4) is 0 Å². The van der Waals surface area contributed by atoms with Crippen molar-refractivity contribution in [2.45, 2.75) is 25.8 Å². The van der Waals surface area contributed by atoms with Gasteiger partial charge in [-0.15, -0.1) is 0 Å². The molecule has 0 radical (unpaired) electrons. The number of hydrogen-bond donors (Lipinski definition) is 1. The predicted octanol–water partition coefficient (Wildman–Crippen LogP) is 2.67. The topological polar surface area (TPSA) is 41.6 Å². The second-order valence-electron chi connectivity index (χ2n) is 5.23. The molecule has 1 heterocycles. The molecule has 1 aliphatic heterocycles. The molecule has 4 nitrogen and oxygen atoms in total. The predicted molar refractivity (Wildman–Crippen MR) is 83.3 cm³/mol. The van der Waals surface area contributed by atoms with E-state index in [0.717, 1.165) is 24.1 Å². The third kappa shape index (κ3) is 3.96. The summed E-state index contributed by atoms with van der Waals surface area (Å²) in [5.74, 6) is 0.619. The number of ether oxygens (including phenoxy) is 1. The highest BCUT2D eigenvalue weighted by Crippen LogP contribution is 2.22. The first kappa shape index (κ1) is 15.3. The lowest BCUT2D eigenvalue weighted by atomic mass is 10.2. The van der Waals surface area contributed by atoms with Gasteiger partial charge in [0.05, 0.1) is 12.7 Å². The Hall–Kier alpha value is -1.07. The van der Waals surface area contributed by atoms with E-state index in [1.54, 1.807) is 13.2 Å². The highest BCUT2D eigenvalue weighted by Gasteiger charge is 2.18. The molecular formula is C15H21BrN2O2. The summed E-state index contributed by atoms with van der Waals surface area (Å²) >= 11 is 3.41. The SMILES string of the molecule is COc1ccc(Br)c(C(=O)NC(C)CN2CCCC2)c1. The third-order valence-corrected chi connectivity index (χ3v) is 4.22. The van der Waals surface area contributed by atoms with Gasteiger partial charge >= 0.3 is 0 Å². The Bertz CT molecular complexity index is 473. The van der Waals surface area contributed by atoms with Crippen molar-refractivity contribution in [2.75, 3.05) is 26.7 Å². The molecule has 1 aromatic rings. The van der Waals surface area contributed by atoms with Crippen LogP contribution in [0.5, 0.6) is 5.75 Å². The average Bonchev–Trinajstić information content (AvgIpc) is 2.91. The molecule has 0 aromatic heterocycles. The van der Waals surface area contributed by atoms with Gasteiger partial charge < -0.3 is 15.0 Å².